The Hall–Kier alpha value is -0.650. The lowest BCUT2D eigenvalue weighted by molar-refractivity contribution is -0.137. The lowest BCUT2D eigenvalue weighted by Crippen LogP contribution is -2.52. The van der Waals surface area contributed by atoms with Crippen LogP contribution in [0.25, 0.3) is 0 Å². The minimum Gasteiger partial charge on any atom is -0.378 e. The maximum Gasteiger partial charge on any atom is 0.241 e. The van der Waals surface area contributed by atoms with Gasteiger partial charge in [-0.05, 0) is 14.1 Å². The third-order valence-electron chi connectivity index (χ3n) is 2.38. The van der Waals surface area contributed by atoms with E-state index in [1.54, 1.807) is 7.05 Å². The topological polar surface area (TPSA) is 53.6 Å². The van der Waals surface area contributed by atoms with Gasteiger partial charge in [0.1, 0.15) is 0 Å². The third kappa shape index (κ3) is 2.94. The van der Waals surface area contributed by atoms with Gasteiger partial charge in [0.2, 0.25) is 5.91 Å². The second-order valence-electron chi connectivity index (χ2n) is 3.34. The van der Waals surface area contributed by atoms with Crippen LogP contribution >= 0.6 is 0 Å². The Morgan fingerprint density at radius 1 is 1.43 bits per heavy atom. The summed E-state index contributed by atoms with van der Waals surface area (Å²) in [6.45, 7) is 3.39. The van der Waals surface area contributed by atoms with Crippen LogP contribution in [-0.2, 0) is 9.53 Å². The van der Waals surface area contributed by atoms with Gasteiger partial charge in [-0.15, -0.1) is 0 Å². The Morgan fingerprint density at radius 2 is 2.07 bits per heavy atom. The fourth-order valence-electron chi connectivity index (χ4n) is 1.52. The van der Waals surface area contributed by atoms with Crippen LogP contribution in [0.5, 0.6) is 0 Å². The van der Waals surface area contributed by atoms with Gasteiger partial charge in [0.15, 0.2) is 0 Å². The fourth-order valence-corrected chi connectivity index (χ4v) is 1.52. The van der Waals surface area contributed by atoms with Crippen LogP contribution in [0.3, 0.4) is 0 Å². The Bertz CT molecular complexity index is 174. The summed E-state index contributed by atoms with van der Waals surface area (Å²) in [5.41, 5.74) is 0. The molecule has 0 unspecified atom stereocenters. The summed E-state index contributed by atoms with van der Waals surface area (Å²) < 4.78 is 5.19. The second-order valence-corrected chi connectivity index (χ2v) is 3.34. The molecule has 1 saturated heterocycles. The van der Waals surface area contributed by atoms with E-state index in [2.05, 4.69) is 10.6 Å². The molecule has 5 heteroatoms. The molecule has 2 N–H and O–H groups in total. The van der Waals surface area contributed by atoms with Gasteiger partial charge in [-0.1, -0.05) is 0 Å². The zero-order chi connectivity index (χ0) is 10.4. The summed E-state index contributed by atoms with van der Waals surface area (Å²) in [5.74, 6) is 0.158. The largest absolute Gasteiger partial charge is 0.378 e. The molecular formula is C9H19N3O2. The molecule has 1 amide bonds. The molecule has 0 aromatic rings. The minimum absolute atomic E-state index is 0.127. The molecule has 0 aromatic heterocycles. The smallest absolute Gasteiger partial charge is 0.241 e. The summed E-state index contributed by atoms with van der Waals surface area (Å²) in [6, 6.07) is -0.127. The molecule has 0 spiro atoms. The molecule has 1 aliphatic heterocycles. The van der Waals surface area contributed by atoms with Crippen LogP contribution in [0.2, 0.25) is 0 Å². The summed E-state index contributed by atoms with van der Waals surface area (Å²) in [7, 11) is 3.65. The number of amides is 1. The van der Waals surface area contributed by atoms with E-state index in [4.69, 9.17) is 4.74 Å². The van der Waals surface area contributed by atoms with Crippen LogP contribution in [0.1, 0.15) is 0 Å². The first kappa shape index (κ1) is 11.4. The molecule has 0 aromatic carbocycles. The van der Waals surface area contributed by atoms with Gasteiger partial charge in [0.25, 0.3) is 0 Å². The van der Waals surface area contributed by atoms with Crippen molar-refractivity contribution in [3.05, 3.63) is 0 Å². The predicted molar refractivity (Wildman–Crippen MR) is 54.2 cm³/mol. The highest BCUT2D eigenvalue weighted by atomic mass is 16.5. The predicted octanol–water partition coefficient (Wildman–Crippen LogP) is -1.35. The zero-order valence-electron chi connectivity index (χ0n) is 8.88. The number of carbonyl (C=O) groups excluding carboxylic acids is 1. The molecule has 1 atom stereocenters. The van der Waals surface area contributed by atoms with E-state index in [-0.39, 0.29) is 11.9 Å². The van der Waals surface area contributed by atoms with Crippen molar-refractivity contribution < 1.29 is 9.53 Å². The summed E-state index contributed by atoms with van der Waals surface area (Å²) in [6.07, 6.45) is 0. The van der Waals surface area contributed by atoms with Crippen molar-refractivity contribution in [3.8, 4) is 0 Å². The zero-order valence-corrected chi connectivity index (χ0v) is 8.88. The molecule has 0 bridgehead atoms. The lowest BCUT2D eigenvalue weighted by atomic mass is 10.2. The molecule has 1 heterocycles. The lowest BCUT2D eigenvalue weighted by Gasteiger charge is -2.30. The highest BCUT2D eigenvalue weighted by Crippen LogP contribution is 2.00. The van der Waals surface area contributed by atoms with E-state index in [1.165, 1.54) is 0 Å². The monoisotopic (exact) mass is 201 g/mol. The SMILES string of the molecule is CNC[C@@H](NC)C(=O)N1CCOCC1. The van der Waals surface area contributed by atoms with Crippen LogP contribution in [0, 0.1) is 0 Å². The molecule has 0 radical (unpaired) electrons. The highest BCUT2D eigenvalue weighted by molar-refractivity contribution is 5.82. The minimum atomic E-state index is -0.127. The van der Waals surface area contributed by atoms with Gasteiger partial charge >= 0.3 is 0 Å². The van der Waals surface area contributed by atoms with Crippen molar-refractivity contribution in [1.29, 1.82) is 0 Å². The number of likely N-dealkylation sites (N-methyl/N-ethyl adjacent to an activating group) is 2. The Labute approximate surface area is 84.8 Å². The number of ether oxygens (including phenoxy) is 1. The normalized spacial score (nSPS) is 19.4. The molecule has 1 rings (SSSR count). The number of hydrogen-bond donors (Lipinski definition) is 2. The first-order valence-corrected chi connectivity index (χ1v) is 4.98. The molecule has 14 heavy (non-hydrogen) atoms. The average molecular weight is 201 g/mol. The van der Waals surface area contributed by atoms with Crippen molar-refractivity contribution in [2.75, 3.05) is 46.9 Å². The quantitative estimate of drug-likeness (QED) is 0.591. The first-order valence-electron chi connectivity index (χ1n) is 4.98. The maximum absolute atomic E-state index is 11.9. The number of morpholine rings is 1. The maximum atomic E-state index is 11.9. The Kier molecular flexibility index (Phi) is 4.86. The van der Waals surface area contributed by atoms with E-state index in [0.717, 1.165) is 0 Å². The molecule has 0 saturated carbocycles. The van der Waals surface area contributed by atoms with Gasteiger partial charge in [-0.25, -0.2) is 0 Å². The van der Waals surface area contributed by atoms with E-state index < -0.39 is 0 Å². The summed E-state index contributed by atoms with van der Waals surface area (Å²) >= 11 is 0. The number of hydrogen-bond acceptors (Lipinski definition) is 4. The van der Waals surface area contributed by atoms with Crippen molar-refractivity contribution in [2.24, 2.45) is 0 Å². The number of rotatable bonds is 4. The third-order valence-corrected chi connectivity index (χ3v) is 2.38. The fraction of sp³-hybridized carbons (Fsp3) is 0.889. The number of carbonyl (C=O) groups is 1. The molecule has 0 aliphatic carbocycles. The van der Waals surface area contributed by atoms with E-state index in [9.17, 15) is 4.79 Å². The second kappa shape index (κ2) is 5.95. The average Bonchev–Trinajstić information content (AvgIpc) is 2.26. The van der Waals surface area contributed by atoms with Crippen LogP contribution in [0.4, 0.5) is 0 Å². The molecule has 82 valence electrons. The van der Waals surface area contributed by atoms with Gasteiger partial charge < -0.3 is 20.3 Å². The van der Waals surface area contributed by atoms with Crippen LogP contribution < -0.4 is 10.6 Å². The molecule has 5 nitrogen and oxygen atoms in total. The molecule has 1 aliphatic rings. The van der Waals surface area contributed by atoms with Crippen LogP contribution in [-0.4, -0.2) is 63.8 Å². The van der Waals surface area contributed by atoms with Gasteiger partial charge in [-0.3, -0.25) is 4.79 Å². The summed E-state index contributed by atoms with van der Waals surface area (Å²) in [5, 5.41) is 6.00. The molecule has 1 fully saturated rings. The Morgan fingerprint density at radius 3 is 2.57 bits per heavy atom. The van der Waals surface area contributed by atoms with Crippen molar-refractivity contribution >= 4 is 5.91 Å². The van der Waals surface area contributed by atoms with Crippen LogP contribution in [0.15, 0.2) is 0 Å². The van der Waals surface area contributed by atoms with Gasteiger partial charge in [0, 0.05) is 19.6 Å². The Balaban J connectivity index is 2.43. The van der Waals surface area contributed by atoms with Gasteiger partial charge in [0.05, 0.1) is 19.3 Å². The molecular weight excluding hydrogens is 182 g/mol. The van der Waals surface area contributed by atoms with Gasteiger partial charge in [-0.2, -0.15) is 0 Å². The highest BCUT2D eigenvalue weighted by Gasteiger charge is 2.23. The van der Waals surface area contributed by atoms with E-state index in [1.807, 2.05) is 11.9 Å². The number of nitrogens with one attached hydrogen (secondary N) is 2. The van der Waals surface area contributed by atoms with Crippen molar-refractivity contribution in [1.82, 2.24) is 15.5 Å². The van der Waals surface area contributed by atoms with E-state index >= 15 is 0 Å². The summed E-state index contributed by atoms with van der Waals surface area (Å²) in [4.78, 5) is 13.7. The van der Waals surface area contributed by atoms with E-state index in [0.29, 0.717) is 32.8 Å². The standard InChI is InChI=1S/C9H19N3O2/c1-10-7-8(11-2)9(13)12-3-5-14-6-4-12/h8,10-11H,3-7H2,1-2H3/t8-/m1/s1. The van der Waals surface area contributed by atoms with Crippen molar-refractivity contribution in [3.63, 3.8) is 0 Å². The first-order chi connectivity index (χ1) is 6.79. The van der Waals surface area contributed by atoms with Crippen molar-refractivity contribution in [2.45, 2.75) is 6.04 Å². The number of nitrogens with zero attached hydrogens (tertiary/aromatic N) is 1.